The summed E-state index contributed by atoms with van der Waals surface area (Å²) in [5, 5.41) is 0. The minimum atomic E-state index is -0.748. The lowest BCUT2D eigenvalue weighted by Crippen LogP contribution is -2.32. The Hall–Kier alpha value is -1.04. The number of urea groups is 1. The summed E-state index contributed by atoms with van der Waals surface area (Å²) in [6, 6.07) is -0.535. The van der Waals surface area contributed by atoms with Crippen LogP contribution in [0.25, 0.3) is 0 Å². The molecule has 0 radical (unpaired) electrons. The van der Waals surface area contributed by atoms with Gasteiger partial charge in [-0.2, -0.15) is 4.31 Å². The molecule has 15 heavy (non-hydrogen) atoms. The number of hydrogen-bond acceptors (Lipinski definition) is 4. The second-order valence-corrected chi connectivity index (χ2v) is 5.91. The van der Waals surface area contributed by atoms with Crippen molar-refractivity contribution in [2.24, 2.45) is 0 Å². The van der Waals surface area contributed by atoms with Crippen LogP contribution in [0.3, 0.4) is 0 Å². The summed E-state index contributed by atoms with van der Waals surface area (Å²) in [6.07, 6.45) is 0. The van der Waals surface area contributed by atoms with Crippen LogP contribution in [0.2, 0.25) is 0 Å². The normalized spacial score (nSPS) is 18.0. The zero-order valence-corrected chi connectivity index (χ0v) is 10.1. The molecule has 0 bridgehead atoms. The Labute approximate surface area is 92.9 Å². The van der Waals surface area contributed by atoms with E-state index in [4.69, 9.17) is 0 Å². The molecule has 0 aliphatic carbocycles. The Bertz CT molecular complexity index is 322. The molecule has 5 nitrogen and oxygen atoms in total. The molecule has 6 heteroatoms. The standard InChI is InChI=1S/C9H14N2O3S/c1-5-10-6(12)7(13)11(8(10)14)15-9(2,3)4/h5H2,1-4H3. The van der Waals surface area contributed by atoms with E-state index in [1.54, 1.807) is 6.92 Å². The minimum absolute atomic E-state index is 0.227. The van der Waals surface area contributed by atoms with Gasteiger partial charge in [0.15, 0.2) is 0 Å². The molecule has 0 aromatic heterocycles. The third-order valence-corrected chi connectivity index (χ3v) is 2.75. The first-order chi connectivity index (χ1) is 6.78. The molecular formula is C9H14N2O3S. The molecule has 0 atom stereocenters. The van der Waals surface area contributed by atoms with E-state index in [-0.39, 0.29) is 11.3 Å². The number of carbonyl (C=O) groups excluding carboxylic acids is 3. The van der Waals surface area contributed by atoms with Gasteiger partial charge in [-0.1, -0.05) is 0 Å². The summed E-state index contributed by atoms with van der Waals surface area (Å²) < 4.78 is 0.654. The Morgan fingerprint density at radius 3 is 2.00 bits per heavy atom. The van der Waals surface area contributed by atoms with Crippen LogP contribution in [0.5, 0.6) is 0 Å². The maximum atomic E-state index is 11.6. The molecular weight excluding hydrogens is 216 g/mol. The smallest absolute Gasteiger partial charge is 0.263 e. The molecule has 1 aliphatic rings. The average molecular weight is 230 g/mol. The molecule has 1 fully saturated rings. The van der Waals surface area contributed by atoms with Gasteiger partial charge in [0.25, 0.3) is 0 Å². The molecule has 1 saturated heterocycles. The second kappa shape index (κ2) is 3.84. The summed E-state index contributed by atoms with van der Waals surface area (Å²) in [7, 11) is 0. The third-order valence-electron chi connectivity index (χ3n) is 1.70. The molecule has 1 rings (SSSR count). The first-order valence-corrected chi connectivity index (χ1v) is 5.44. The lowest BCUT2D eigenvalue weighted by atomic mass is 10.3. The van der Waals surface area contributed by atoms with Crippen LogP contribution >= 0.6 is 11.9 Å². The van der Waals surface area contributed by atoms with Crippen LogP contribution in [0.4, 0.5) is 4.79 Å². The zero-order chi connectivity index (χ0) is 11.8. The van der Waals surface area contributed by atoms with Crippen molar-refractivity contribution in [3.8, 4) is 0 Å². The summed E-state index contributed by atoms with van der Waals surface area (Å²) in [6.45, 7) is 7.50. The summed E-state index contributed by atoms with van der Waals surface area (Å²) in [4.78, 5) is 35.4. The minimum Gasteiger partial charge on any atom is -0.263 e. The van der Waals surface area contributed by atoms with Crippen LogP contribution < -0.4 is 0 Å². The quantitative estimate of drug-likeness (QED) is 0.407. The van der Waals surface area contributed by atoms with Gasteiger partial charge in [0, 0.05) is 11.3 Å². The van der Waals surface area contributed by atoms with Gasteiger partial charge in [-0.25, -0.2) is 4.79 Å². The highest BCUT2D eigenvalue weighted by molar-refractivity contribution is 7.99. The molecule has 0 unspecified atom stereocenters. The van der Waals surface area contributed by atoms with Crippen LogP contribution in [-0.2, 0) is 9.59 Å². The maximum absolute atomic E-state index is 11.6. The van der Waals surface area contributed by atoms with Crippen LogP contribution in [0.15, 0.2) is 0 Å². The maximum Gasteiger partial charge on any atom is 0.344 e. The van der Waals surface area contributed by atoms with Gasteiger partial charge < -0.3 is 0 Å². The molecule has 1 heterocycles. The van der Waals surface area contributed by atoms with Crippen molar-refractivity contribution < 1.29 is 14.4 Å². The Kier molecular flexibility index (Phi) is 3.08. The van der Waals surface area contributed by atoms with E-state index >= 15 is 0 Å². The van der Waals surface area contributed by atoms with E-state index in [2.05, 4.69) is 0 Å². The summed E-state index contributed by atoms with van der Waals surface area (Å²) in [5.41, 5.74) is 0. The number of carbonyl (C=O) groups is 3. The monoisotopic (exact) mass is 230 g/mol. The van der Waals surface area contributed by atoms with Crippen LogP contribution in [-0.4, -0.2) is 38.3 Å². The van der Waals surface area contributed by atoms with Crippen molar-refractivity contribution in [3.05, 3.63) is 0 Å². The largest absolute Gasteiger partial charge is 0.344 e. The van der Waals surface area contributed by atoms with Crippen molar-refractivity contribution in [1.29, 1.82) is 0 Å². The lowest BCUT2D eigenvalue weighted by molar-refractivity contribution is -0.141. The van der Waals surface area contributed by atoms with Gasteiger partial charge in [-0.3, -0.25) is 14.5 Å². The first-order valence-electron chi connectivity index (χ1n) is 4.67. The van der Waals surface area contributed by atoms with E-state index in [0.29, 0.717) is 0 Å². The van der Waals surface area contributed by atoms with Gasteiger partial charge in [0.1, 0.15) is 0 Å². The SMILES string of the molecule is CCN1C(=O)C(=O)N(SC(C)(C)C)C1=O. The number of hydrogen-bond donors (Lipinski definition) is 0. The fraction of sp³-hybridized carbons (Fsp3) is 0.667. The molecule has 4 amide bonds. The second-order valence-electron chi connectivity index (χ2n) is 4.14. The van der Waals surface area contributed by atoms with E-state index in [0.717, 1.165) is 21.2 Å². The van der Waals surface area contributed by atoms with Gasteiger partial charge in [-0.05, 0) is 39.6 Å². The van der Waals surface area contributed by atoms with Gasteiger partial charge in [-0.15, -0.1) is 0 Å². The topological polar surface area (TPSA) is 57.7 Å². The summed E-state index contributed by atoms with van der Waals surface area (Å²) in [5.74, 6) is -1.49. The number of imide groups is 2. The number of rotatable bonds is 2. The van der Waals surface area contributed by atoms with E-state index in [1.807, 2.05) is 20.8 Å². The Morgan fingerprint density at radius 1 is 1.13 bits per heavy atom. The van der Waals surface area contributed by atoms with Crippen molar-refractivity contribution in [2.75, 3.05) is 6.54 Å². The first kappa shape index (κ1) is 12.0. The molecule has 0 spiro atoms. The zero-order valence-electron chi connectivity index (χ0n) is 9.23. The predicted octanol–water partition coefficient (Wildman–Crippen LogP) is 1.24. The third kappa shape index (κ3) is 2.31. The molecule has 1 aliphatic heterocycles. The molecule has 0 aromatic rings. The highest BCUT2D eigenvalue weighted by Crippen LogP contribution is 2.31. The van der Waals surface area contributed by atoms with Crippen molar-refractivity contribution >= 4 is 29.8 Å². The fourth-order valence-corrected chi connectivity index (χ4v) is 2.00. The van der Waals surface area contributed by atoms with Crippen LogP contribution in [0, 0.1) is 0 Å². The van der Waals surface area contributed by atoms with E-state index in [9.17, 15) is 14.4 Å². The predicted molar refractivity (Wildman–Crippen MR) is 57.0 cm³/mol. The van der Waals surface area contributed by atoms with Gasteiger partial charge in [0.2, 0.25) is 0 Å². The number of likely N-dealkylation sites (N-methyl/N-ethyl adjacent to an activating group) is 1. The van der Waals surface area contributed by atoms with Crippen LogP contribution in [0.1, 0.15) is 27.7 Å². The number of nitrogens with zero attached hydrogens (tertiary/aromatic N) is 2. The summed E-state index contributed by atoms with van der Waals surface area (Å²) >= 11 is 1.08. The Morgan fingerprint density at radius 2 is 1.67 bits per heavy atom. The van der Waals surface area contributed by atoms with E-state index < -0.39 is 17.8 Å². The lowest BCUT2D eigenvalue weighted by Gasteiger charge is -2.22. The molecule has 0 saturated carbocycles. The number of amides is 4. The molecule has 0 N–H and O–H groups in total. The fourth-order valence-electron chi connectivity index (χ4n) is 1.12. The van der Waals surface area contributed by atoms with Crippen molar-refractivity contribution in [2.45, 2.75) is 32.4 Å². The highest BCUT2D eigenvalue weighted by atomic mass is 32.2. The average Bonchev–Trinajstić information content (AvgIpc) is 2.28. The highest BCUT2D eigenvalue weighted by Gasteiger charge is 2.45. The van der Waals surface area contributed by atoms with Crippen molar-refractivity contribution in [3.63, 3.8) is 0 Å². The van der Waals surface area contributed by atoms with Gasteiger partial charge in [0.05, 0.1) is 0 Å². The molecule has 0 aromatic carbocycles. The molecule has 84 valence electrons. The van der Waals surface area contributed by atoms with E-state index in [1.165, 1.54) is 0 Å². The van der Waals surface area contributed by atoms with Gasteiger partial charge >= 0.3 is 17.8 Å². The van der Waals surface area contributed by atoms with Crippen molar-refractivity contribution in [1.82, 2.24) is 9.21 Å². The Balaban J connectivity index is 2.88.